The molecule has 2 N–H and O–H groups in total. The third kappa shape index (κ3) is 3.91. The normalized spacial score (nSPS) is 27.2. The number of hydrogen-bond donors (Lipinski definition) is 2. The zero-order valence-electron chi connectivity index (χ0n) is 12.9. The molecule has 1 aliphatic heterocycles. The Morgan fingerprint density at radius 3 is 2.29 bits per heavy atom. The topological polar surface area (TPSA) is 35.5 Å². The van der Waals surface area contributed by atoms with E-state index < -0.39 is 0 Å². The monoisotopic (exact) mass is 288 g/mol. The minimum atomic E-state index is -0.200. The fraction of sp³-hybridized carbons (Fsp3) is 0.667. The third-order valence-corrected chi connectivity index (χ3v) is 4.92. The summed E-state index contributed by atoms with van der Waals surface area (Å²) >= 11 is 0. The lowest BCUT2D eigenvalue weighted by Crippen LogP contribution is -2.32. The van der Waals surface area contributed by atoms with Crippen LogP contribution in [-0.4, -0.2) is 30.3 Å². The first kappa shape index (κ1) is 14.7. The number of anilines is 2. The Morgan fingerprint density at radius 2 is 1.52 bits per heavy atom. The molecule has 1 aromatic rings. The van der Waals surface area contributed by atoms with Crippen LogP contribution in [0.15, 0.2) is 24.3 Å². The van der Waals surface area contributed by atoms with Crippen molar-refractivity contribution >= 4 is 11.4 Å². The van der Waals surface area contributed by atoms with Crippen LogP contribution in [0.3, 0.4) is 0 Å². The first-order valence-corrected chi connectivity index (χ1v) is 8.62. The van der Waals surface area contributed by atoms with E-state index in [1.165, 1.54) is 50.9 Å². The van der Waals surface area contributed by atoms with Crippen molar-refractivity contribution in [1.29, 1.82) is 0 Å². The average molecular weight is 288 g/mol. The van der Waals surface area contributed by atoms with E-state index in [9.17, 15) is 5.11 Å². The highest BCUT2D eigenvalue weighted by Crippen LogP contribution is 2.25. The zero-order valence-corrected chi connectivity index (χ0v) is 12.9. The van der Waals surface area contributed by atoms with E-state index in [1.807, 2.05) is 0 Å². The number of hydrogen-bond acceptors (Lipinski definition) is 3. The molecular formula is C18H28N2O. The predicted octanol–water partition coefficient (Wildman–Crippen LogP) is 3.78. The first-order chi connectivity index (χ1) is 10.3. The SMILES string of the molecule is OC1CCCCCC1Nc1ccc(N2CCCCC2)cc1. The molecule has 1 aromatic carbocycles. The quantitative estimate of drug-likeness (QED) is 0.831. The molecule has 3 rings (SSSR count). The highest BCUT2D eigenvalue weighted by molar-refractivity contribution is 5.55. The summed E-state index contributed by atoms with van der Waals surface area (Å²) < 4.78 is 0. The summed E-state index contributed by atoms with van der Waals surface area (Å²) in [5, 5.41) is 13.7. The van der Waals surface area contributed by atoms with Crippen molar-refractivity contribution < 1.29 is 5.11 Å². The van der Waals surface area contributed by atoms with Crippen LogP contribution in [0.2, 0.25) is 0 Å². The second kappa shape index (κ2) is 7.17. The summed E-state index contributed by atoms with van der Waals surface area (Å²) in [5.74, 6) is 0. The molecule has 1 heterocycles. The summed E-state index contributed by atoms with van der Waals surface area (Å²) in [7, 11) is 0. The van der Waals surface area contributed by atoms with Gasteiger partial charge in [0.1, 0.15) is 0 Å². The first-order valence-electron chi connectivity index (χ1n) is 8.62. The van der Waals surface area contributed by atoms with E-state index >= 15 is 0 Å². The molecule has 0 bridgehead atoms. The molecule has 1 saturated carbocycles. The zero-order chi connectivity index (χ0) is 14.5. The van der Waals surface area contributed by atoms with E-state index in [1.54, 1.807) is 0 Å². The molecule has 116 valence electrons. The van der Waals surface area contributed by atoms with E-state index in [4.69, 9.17) is 0 Å². The molecule has 3 heteroatoms. The maximum absolute atomic E-state index is 10.2. The molecule has 2 unspecified atom stereocenters. The van der Waals surface area contributed by atoms with Gasteiger partial charge in [-0.3, -0.25) is 0 Å². The van der Waals surface area contributed by atoms with E-state index in [0.29, 0.717) is 0 Å². The van der Waals surface area contributed by atoms with Crippen LogP contribution in [0.25, 0.3) is 0 Å². The summed E-state index contributed by atoms with van der Waals surface area (Å²) in [4.78, 5) is 2.48. The van der Waals surface area contributed by atoms with Gasteiger partial charge >= 0.3 is 0 Å². The molecule has 0 spiro atoms. The number of piperidine rings is 1. The Bertz CT molecular complexity index is 425. The van der Waals surface area contributed by atoms with Crippen LogP contribution in [-0.2, 0) is 0 Å². The van der Waals surface area contributed by atoms with E-state index in [-0.39, 0.29) is 12.1 Å². The van der Waals surface area contributed by atoms with Gasteiger partial charge in [-0.1, -0.05) is 19.3 Å². The van der Waals surface area contributed by atoms with Gasteiger partial charge in [-0.25, -0.2) is 0 Å². The fourth-order valence-electron chi connectivity index (χ4n) is 3.59. The largest absolute Gasteiger partial charge is 0.391 e. The van der Waals surface area contributed by atoms with Gasteiger partial charge in [-0.05, 0) is 56.4 Å². The minimum Gasteiger partial charge on any atom is -0.391 e. The summed E-state index contributed by atoms with van der Waals surface area (Å²) in [6.45, 7) is 2.38. The number of benzene rings is 1. The molecule has 0 radical (unpaired) electrons. The van der Waals surface area contributed by atoms with Crippen LogP contribution in [0, 0.1) is 0 Å². The molecular weight excluding hydrogens is 260 g/mol. The third-order valence-electron chi connectivity index (χ3n) is 4.92. The second-order valence-electron chi connectivity index (χ2n) is 6.55. The van der Waals surface area contributed by atoms with Crippen molar-refractivity contribution in [2.75, 3.05) is 23.3 Å². The van der Waals surface area contributed by atoms with Crippen molar-refractivity contribution in [2.45, 2.75) is 63.5 Å². The molecule has 1 aliphatic carbocycles. The Labute approximate surface area is 128 Å². The van der Waals surface area contributed by atoms with Crippen molar-refractivity contribution in [3.05, 3.63) is 24.3 Å². The van der Waals surface area contributed by atoms with Gasteiger partial charge in [0.2, 0.25) is 0 Å². The van der Waals surface area contributed by atoms with Crippen LogP contribution >= 0.6 is 0 Å². The van der Waals surface area contributed by atoms with Gasteiger partial charge < -0.3 is 15.3 Å². The molecule has 2 fully saturated rings. The van der Waals surface area contributed by atoms with Gasteiger partial charge in [-0.2, -0.15) is 0 Å². The van der Waals surface area contributed by atoms with Crippen LogP contribution < -0.4 is 10.2 Å². The molecule has 21 heavy (non-hydrogen) atoms. The molecule has 0 amide bonds. The van der Waals surface area contributed by atoms with Crippen LogP contribution in [0.5, 0.6) is 0 Å². The van der Waals surface area contributed by atoms with Gasteiger partial charge in [0.05, 0.1) is 12.1 Å². The lowest BCUT2D eigenvalue weighted by atomic mass is 10.1. The van der Waals surface area contributed by atoms with Gasteiger partial charge in [0.25, 0.3) is 0 Å². The van der Waals surface area contributed by atoms with Gasteiger partial charge in [0, 0.05) is 24.5 Å². The lowest BCUT2D eigenvalue weighted by Gasteiger charge is -2.29. The van der Waals surface area contributed by atoms with Crippen LogP contribution in [0.4, 0.5) is 11.4 Å². The molecule has 1 saturated heterocycles. The predicted molar refractivity (Wildman–Crippen MR) is 89.0 cm³/mol. The minimum absolute atomic E-state index is 0.200. The second-order valence-corrected chi connectivity index (χ2v) is 6.55. The number of aliphatic hydroxyl groups is 1. The maximum atomic E-state index is 10.2. The molecule has 2 aliphatic rings. The molecule has 3 nitrogen and oxygen atoms in total. The highest BCUT2D eigenvalue weighted by Gasteiger charge is 2.21. The van der Waals surface area contributed by atoms with E-state index in [2.05, 4.69) is 34.5 Å². The number of nitrogens with one attached hydrogen (secondary N) is 1. The Morgan fingerprint density at radius 1 is 0.857 bits per heavy atom. The van der Waals surface area contributed by atoms with Gasteiger partial charge in [-0.15, -0.1) is 0 Å². The van der Waals surface area contributed by atoms with Crippen molar-refractivity contribution in [2.24, 2.45) is 0 Å². The Kier molecular flexibility index (Phi) is 5.02. The summed E-state index contributed by atoms with van der Waals surface area (Å²) in [6, 6.07) is 8.99. The Hall–Kier alpha value is -1.22. The number of aliphatic hydroxyl groups excluding tert-OH is 1. The molecule has 2 atom stereocenters. The fourth-order valence-corrected chi connectivity index (χ4v) is 3.59. The number of nitrogens with zero attached hydrogens (tertiary/aromatic N) is 1. The van der Waals surface area contributed by atoms with Gasteiger partial charge in [0.15, 0.2) is 0 Å². The Balaban J connectivity index is 1.60. The van der Waals surface area contributed by atoms with E-state index in [0.717, 1.165) is 24.9 Å². The molecule has 0 aromatic heterocycles. The average Bonchev–Trinajstić information content (AvgIpc) is 2.74. The number of rotatable bonds is 3. The smallest absolute Gasteiger partial charge is 0.0741 e. The summed E-state index contributed by atoms with van der Waals surface area (Å²) in [5.41, 5.74) is 2.48. The summed E-state index contributed by atoms with van der Waals surface area (Å²) in [6.07, 6.45) is 9.45. The standard InChI is InChI=1S/C18H28N2O/c21-18-8-4-1-3-7-17(18)19-15-9-11-16(12-10-15)20-13-5-2-6-14-20/h9-12,17-19,21H,1-8,13-14H2. The van der Waals surface area contributed by atoms with Crippen molar-refractivity contribution in [3.63, 3.8) is 0 Å². The maximum Gasteiger partial charge on any atom is 0.0741 e. The van der Waals surface area contributed by atoms with Crippen molar-refractivity contribution in [3.8, 4) is 0 Å². The van der Waals surface area contributed by atoms with Crippen LogP contribution in [0.1, 0.15) is 51.4 Å². The lowest BCUT2D eigenvalue weighted by molar-refractivity contribution is 0.144. The highest BCUT2D eigenvalue weighted by atomic mass is 16.3. The van der Waals surface area contributed by atoms with Crippen molar-refractivity contribution in [1.82, 2.24) is 0 Å².